The highest BCUT2D eigenvalue weighted by atomic mass is 16.6. The molecule has 0 heterocycles. The van der Waals surface area contributed by atoms with Gasteiger partial charge in [-0.15, -0.1) is 0 Å². The Morgan fingerprint density at radius 1 is 1.11 bits per heavy atom. The molecule has 0 rings (SSSR count). The van der Waals surface area contributed by atoms with E-state index in [1.807, 2.05) is 20.8 Å². The lowest BCUT2D eigenvalue weighted by Gasteiger charge is -2.29. The molecule has 4 nitrogen and oxygen atoms in total. The molecule has 0 aromatic carbocycles. The van der Waals surface area contributed by atoms with Crippen molar-refractivity contribution >= 4 is 6.09 Å². The largest absolute Gasteiger partial charge is 0.444 e. The maximum Gasteiger partial charge on any atom is 0.407 e. The minimum Gasteiger partial charge on any atom is -0.444 e. The Bertz CT molecular complexity index is 241. The number of hydrogen-bond donors (Lipinski definition) is 2. The Kier molecular flexibility index (Phi) is 7.29. The first kappa shape index (κ1) is 17.2. The SMILES string of the molecule is CCCC(N)(CCC)CCNC(=O)OC(C)(C)C. The molecule has 1 amide bonds. The molecule has 18 heavy (non-hydrogen) atoms. The Labute approximate surface area is 112 Å². The number of carbonyl (C=O) groups excluding carboxylic acids is 1. The second-order valence-electron chi connectivity index (χ2n) is 6.04. The standard InChI is InChI=1S/C14H30N2O2/c1-6-8-14(15,9-7-2)10-11-16-12(17)18-13(3,4)5/h6-11,15H2,1-5H3,(H,16,17). The van der Waals surface area contributed by atoms with E-state index in [2.05, 4.69) is 19.2 Å². The molecule has 4 heteroatoms. The van der Waals surface area contributed by atoms with Crippen LogP contribution in [0.1, 0.15) is 66.7 Å². The van der Waals surface area contributed by atoms with Crippen molar-refractivity contribution < 1.29 is 9.53 Å². The third-order valence-corrected chi connectivity index (χ3v) is 2.79. The first-order valence-corrected chi connectivity index (χ1v) is 6.98. The molecule has 0 radical (unpaired) electrons. The molecule has 0 aromatic rings. The van der Waals surface area contributed by atoms with Gasteiger partial charge in [0.15, 0.2) is 0 Å². The molecule has 0 aliphatic heterocycles. The van der Waals surface area contributed by atoms with Gasteiger partial charge in [-0.2, -0.15) is 0 Å². The van der Waals surface area contributed by atoms with Crippen LogP contribution in [0.3, 0.4) is 0 Å². The number of nitrogens with two attached hydrogens (primary N) is 1. The number of hydrogen-bond acceptors (Lipinski definition) is 3. The molecule has 108 valence electrons. The summed E-state index contributed by atoms with van der Waals surface area (Å²) in [4.78, 5) is 11.5. The molecule has 0 saturated carbocycles. The number of nitrogens with one attached hydrogen (secondary N) is 1. The zero-order valence-electron chi connectivity index (χ0n) is 12.6. The molecule has 0 fully saturated rings. The summed E-state index contributed by atoms with van der Waals surface area (Å²) in [5, 5.41) is 2.77. The zero-order valence-corrected chi connectivity index (χ0v) is 12.6. The van der Waals surface area contributed by atoms with Crippen molar-refractivity contribution in [2.24, 2.45) is 5.73 Å². The van der Waals surface area contributed by atoms with Crippen molar-refractivity contribution in [2.75, 3.05) is 6.54 Å². The minimum absolute atomic E-state index is 0.154. The van der Waals surface area contributed by atoms with Gasteiger partial charge in [0.25, 0.3) is 0 Å². The van der Waals surface area contributed by atoms with Crippen LogP contribution in [0.5, 0.6) is 0 Å². The van der Waals surface area contributed by atoms with Crippen LogP contribution in [0.2, 0.25) is 0 Å². The molecule has 3 N–H and O–H groups in total. The van der Waals surface area contributed by atoms with Crippen molar-refractivity contribution in [1.29, 1.82) is 0 Å². The molecular weight excluding hydrogens is 228 g/mol. The van der Waals surface area contributed by atoms with Crippen LogP contribution in [0.25, 0.3) is 0 Å². The van der Waals surface area contributed by atoms with Crippen LogP contribution >= 0.6 is 0 Å². The van der Waals surface area contributed by atoms with Gasteiger partial charge in [-0.3, -0.25) is 0 Å². The average Bonchev–Trinajstić information content (AvgIpc) is 2.14. The lowest BCUT2D eigenvalue weighted by atomic mass is 9.86. The molecule has 0 spiro atoms. The third kappa shape index (κ3) is 8.34. The van der Waals surface area contributed by atoms with E-state index in [1.54, 1.807) is 0 Å². The normalized spacial score (nSPS) is 12.3. The van der Waals surface area contributed by atoms with Gasteiger partial charge in [-0.05, 0) is 40.0 Å². The molecule has 0 atom stereocenters. The highest BCUT2D eigenvalue weighted by molar-refractivity contribution is 5.67. The van der Waals surface area contributed by atoms with Crippen LogP contribution in [-0.4, -0.2) is 23.8 Å². The summed E-state index contributed by atoms with van der Waals surface area (Å²) in [7, 11) is 0. The summed E-state index contributed by atoms with van der Waals surface area (Å²) in [6.07, 6.45) is 4.57. The summed E-state index contributed by atoms with van der Waals surface area (Å²) in [5.74, 6) is 0. The second kappa shape index (κ2) is 7.62. The second-order valence-corrected chi connectivity index (χ2v) is 6.04. The van der Waals surface area contributed by atoms with Gasteiger partial charge in [0.05, 0.1) is 0 Å². The quantitative estimate of drug-likeness (QED) is 0.737. The lowest BCUT2D eigenvalue weighted by molar-refractivity contribution is 0.0523. The fourth-order valence-corrected chi connectivity index (χ4v) is 2.10. The smallest absolute Gasteiger partial charge is 0.407 e. The molecule has 0 bridgehead atoms. The van der Waals surface area contributed by atoms with Crippen LogP contribution < -0.4 is 11.1 Å². The maximum absolute atomic E-state index is 11.5. The highest BCUT2D eigenvalue weighted by Gasteiger charge is 2.23. The fraction of sp³-hybridized carbons (Fsp3) is 0.929. The van der Waals surface area contributed by atoms with Crippen molar-refractivity contribution in [3.8, 4) is 0 Å². The molecular formula is C14H30N2O2. The number of rotatable bonds is 7. The highest BCUT2D eigenvalue weighted by Crippen LogP contribution is 2.20. The first-order valence-electron chi connectivity index (χ1n) is 6.98. The van der Waals surface area contributed by atoms with Crippen LogP contribution in [0, 0.1) is 0 Å². The molecule has 0 saturated heterocycles. The average molecular weight is 258 g/mol. The number of ether oxygens (including phenoxy) is 1. The molecule has 0 unspecified atom stereocenters. The Balaban J connectivity index is 4.03. The Hall–Kier alpha value is -0.770. The van der Waals surface area contributed by atoms with Gasteiger partial charge < -0.3 is 15.8 Å². The van der Waals surface area contributed by atoms with E-state index in [0.29, 0.717) is 6.54 Å². The summed E-state index contributed by atoms with van der Waals surface area (Å²) >= 11 is 0. The Morgan fingerprint density at radius 2 is 1.61 bits per heavy atom. The van der Waals surface area contributed by atoms with Gasteiger partial charge in [0.2, 0.25) is 0 Å². The predicted molar refractivity (Wildman–Crippen MR) is 75.6 cm³/mol. The van der Waals surface area contributed by atoms with Crippen molar-refractivity contribution in [3.63, 3.8) is 0 Å². The van der Waals surface area contributed by atoms with Crippen LogP contribution in [0.4, 0.5) is 4.79 Å². The number of carbonyl (C=O) groups is 1. The molecule has 0 aromatic heterocycles. The van der Waals surface area contributed by atoms with Crippen molar-refractivity contribution in [2.45, 2.75) is 77.9 Å². The minimum atomic E-state index is -0.448. The van der Waals surface area contributed by atoms with E-state index >= 15 is 0 Å². The van der Waals surface area contributed by atoms with E-state index < -0.39 is 5.60 Å². The van der Waals surface area contributed by atoms with Gasteiger partial charge in [-0.25, -0.2) is 4.79 Å². The van der Waals surface area contributed by atoms with E-state index in [1.165, 1.54) is 0 Å². The number of alkyl carbamates (subject to hydrolysis) is 1. The lowest BCUT2D eigenvalue weighted by Crippen LogP contribution is -2.43. The predicted octanol–water partition coefficient (Wildman–Crippen LogP) is 3.20. The Morgan fingerprint density at radius 3 is 2.00 bits per heavy atom. The zero-order chi connectivity index (χ0) is 14.2. The van der Waals surface area contributed by atoms with Gasteiger partial charge in [0, 0.05) is 12.1 Å². The van der Waals surface area contributed by atoms with Gasteiger partial charge in [0.1, 0.15) is 5.60 Å². The first-order chi connectivity index (χ1) is 8.22. The monoisotopic (exact) mass is 258 g/mol. The van der Waals surface area contributed by atoms with E-state index in [0.717, 1.165) is 32.1 Å². The maximum atomic E-state index is 11.5. The van der Waals surface area contributed by atoms with Crippen molar-refractivity contribution in [3.05, 3.63) is 0 Å². The summed E-state index contributed by atoms with van der Waals surface area (Å²) in [6, 6.07) is 0. The third-order valence-electron chi connectivity index (χ3n) is 2.79. The summed E-state index contributed by atoms with van der Waals surface area (Å²) in [5.41, 5.74) is 5.74. The van der Waals surface area contributed by atoms with Crippen molar-refractivity contribution in [1.82, 2.24) is 5.32 Å². The van der Waals surface area contributed by atoms with Gasteiger partial charge in [-0.1, -0.05) is 26.7 Å². The van der Waals surface area contributed by atoms with Gasteiger partial charge >= 0.3 is 6.09 Å². The summed E-state index contributed by atoms with van der Waals surface area (Å²) < 4.78 is 5.18. The van der Waals surface area contributed by atoms with Crippen LogP contribution in [-0.2, 0) is 4.74 Å². The topological polar surface area (TPSA) is 64.3 Å². The van der Waals surface area contributed by atoms with Crippen LogP contribution in [0.15, 0.2) is 0 Å². The molecule has 0 aliphatic carbocycles. The van der Waals surface area contributed by atoms with E-state index in [9.17, 15) is 4.79 Å². The van der Waals surface area contributed by atoms with E-state index in [4.69, 9.17) is 10.5 Å². The summed E-state index contributed by atoms with van der Waals surface area (Å²) in [6.45, 7) is 10.4. The fourth-order valence-electron chi connectivity index (χ4n) is 2.10. The molecule has 0 aliphatic rings. The van der Waals surface area contributed by atoms with E-state index in [-0.39, 0.29) is 11.6 Å². The number of amides is 1.